The maximum Gasteiger partial charge on any atom is 0.320 e. The Balaban J connectivity index is 1.34. The molecule has 4 aliphatic rings. The van der Waals surface area contributed by atoms with Crippen molar-refractivity contribution >= 4 is 28.1 Å². The molecule has 194 valence electrons. The minimum atomic E-state index is 0.440. The van der Waals surface area contributed by atoms with Crippen molar-refractivity contribution in [1.29, 1.82) is 0 Å². The largest absolute Gasteiger partial charge is 0.462 e. The highest BCUT2D eigenvalue weighted by molar-refractivity contribution is 5.98. The molecule has 0 amide bonds. The lowest BCUT2D eigenvalue weighted by atomic mass is 9.99. The average molecular weight is 499 g/mol. The SMILES string of the molecule is Cc1cccc2cccc(N3CCCc4c3nc(OC[C@@H]3CCCN3C)nc4N3C4CCC3CNC4)c12. The topological polar surface area (TPSA) is 56.8 Å². The molecule has 2 unspecified atom stereocenters. The normalized spacial score (nSPS) is 25.6. The van der Waals surface area contributed by atoms with E-state index in [0.29, 0.717) is 30.7 Å². The minimum Gasteiger partial charge on any atom is -0.462 e. The Morgan fingerprint density at radius 3 is 2.51 bits per heavy atom. The number of hydrogen-bond donors (Lipinski definition) is 1. The summed E-state index contributed by atoms with van der Waals surface area (Å²) in [5.41, 5.74) is 3.84. The Bertz CT molecular complexity index is 1290. The molecule has 4 aliphatic heterocycles. The first-order valence-corrected chi connectivity index (χ1v) is 14.2. The van der Waals surface area contributed by atoms with Crippen LogP contribution in [0.15, 0.2) is 36.4 Å². The monoisotopic (exact) mass is 498 g/mol. The number of likely N-dealkylation sites (tertiary alicyclic amines) is 1. The molecule has 37 heavy (non-hydrogen) atoms. The molecule has 1 aromatic heterocycles. The van der Waals surface area contributed by atoms with E-state index in [9.17, 15) is 0 Å². The lowest BCUT2D eigenvalue weighted by Gasteiger charge is -2.40. The molecule has 2 aromatic carbocycles. The quantitative estimate of drug-likeness (QED) is 0.558. The van der Waals surface area contributed by atoms with Gasteiger partial charge in [0.2, 0.25) is 0 Å². The van der Waals surface area contributed by atoms with Gasteiger partial charge in [-0.25, -0.2) is 0 Å². The van der Waals surface area contributed by atoms with E-state index in [1.165, 1.54) is 53.3 Å². The summed E-state index contributed by atoms with van der Waals surface area (Å²) < 4.78 is 6.41. The fourth-order valence-electron chi connectivity index (χ4n) is 7.14. The van der Waals surface area contributed by atoms with Crippen molar-refractivity contribution in [2.75, 3.05) is 49.6 Å². The zero-order chi connectivity index (χ0) is 24.9. The third-order valence-electron chi connectivity index (χ3n) is 9.09. The molecule has 5 heterocycles. The van der Waals surface area contributed by atoms with Crippen molar-refractivity contribution in [1.82, 2.24) is 20.2 Å². The first-order chi connectivity index (χ1) is 18.2. The van der Waals surface area contributed by atoms with Gasteiger partial charge in [0.05, 0.1) is 5.69 Å². The number of aryl methyl sites for hydroxylation is 1. The third-order valence-corrected chi connectivity index (χ3v) is 9.09. The van der Waals surface area contributed by atoms with Gasteiger partial charge < -0.3 is 24.8 Å². The van der Waals surface area contributed by atoms with Crippen LogP contribution in [0.4, 0.5) is 17.3 Å². The summed E-state index contributed by atoms with van der Waals surface area (Å²) in [6.45, 7) is 7.03. The first kappa shape index (κ1) is 23.2. The number of fused-ring (bicyclic) bond motifs is 4. The standard InChI is InChI=1S/C30H38N6O/c1-20-7-3-8-21-9-4-12-26(27(20)21)35-16-6-11-25-28(35)32-30(37-19-24-10-5-15-34(24)2)33-29(25)36-22-13-14-23(36)18-31-17-22/h3-4,7-9,12,22-24,31H,5-6,10-11,13-19H2,1-2H3/t22?,23?,24-/m0/s1. The summed E-state index contributed by atoms with van der Waals surface area (Å²) in [6.07, 6.45) is 6.98. The van der Waals surface area contributed by atoms with Crippen LogP contribution < -0.4 is 19.9 Å². The number of nitrogens with zero attached hydrogens (tertiary/aromatic N) is 5. The maximum absolute atomic E-state index is 6.41. The van der Waals surface area contributed by atoms with E-state index in [4.69, 9.17) is 14.7 Å². The molecule has 7 rings (SSSR count). The van der Waals surface area contributed by atoms with Gasteiger partial charge in [-0.1, -0.05) is 30.3 Å². The van der Waals surface area contributed by atoms with Gasteiger partial charge >= 0.3 is 6.01 Å². The second kappa shape index (κ2) is 9.44. The number of ether oxygens (including phenoxy) is 1. The van der Waals surface area contributed by atoms with Crippen molar-refractivity contribution < 1.29 is 4.74 Å². The van der Waals surface area contributed by atoms with Crippen molar-refractivity contribution in [3.05, 3.63) is 47.5 Å². The smallest absolute Gasteiger partial charge is 0.320 e. The highest BCUT2D eigenvalue weighted by Crippen LogP contribution is 2.43. The number of benzene rings is 2. The molecule has 1 N–H and O–H groups in total. The van der Waals surface area contributed by atoms with Crippen molar-refractivity contribution in [3.63, 3.8) is 0 Å². The minimum absolute atomic E-state index is 0.440. The second-order valence-corrected chi connectivity index (χ2v) is 11.4. The molecule has 7 heteroatoms. The number of aromatic nitrogens is 2. The van der Waals surface area contributed by atoms with E-state index in [0.717, 1.165) is 50.7 Å². The number of anilines is 3. The number of hydrogen-bond acceptors (Lipinski definition) is 7. The van der Waals surface area contributed by atoms with E-state index in [-0.39, 0.29) is 0 Å². The molecular weight excluding hydrogens is 460 g/mol. The van der Waals surface area contributed by atoms with Gasteiger partial charge in [0.15, 0.2) is 0 Å². The summed E-state index contributed by atoms with van der Waals surface area (Å²) in [5, 5.41) is 6.23. The Hall–Kier alpha value is -2.90. The zero-order valence-electron chi connectivity index (χ0n) is 22.1. The van der Waals surface area contributed by atoms with Crippen LogP contribution in [0, 0.1) is 6.92 Å². The van der Waals surface area contributed by atoms with Crippen LogP contribution in [0.3, 0.4) is 0 Å². The molecule has 0 radical (unpaired) electrons. The molecule has 3 atom stereocenters. The zero-order valence-corrected chi connectivity index (χ0v) is 22.1. The van der Waals surface area contributed by atoms with Gasteiger partial charge in [-0.05, 0) is 76.1 Å². The van der Waals surface area contributed by atoms with E-state index in [1.807, 2.05) is 0 Å². The number of piperazine rings is 1. The molecule has 0 saturated carbocycles. The van der Waals surface area contributed by atoms with E-state index in [1.54, 1.807) is 0 Å². The molecule has 0 aliphatic carbocycles. The Morgan fingerprint density at radius 2 is 1.73 bits per heavy atom. The number of nitrogens with one attached hydrogen (secondary N) is 1. The highest BCUT2D eigenvalue weighted by Gasteiger charge is 2.40. The second-order valence-electron chi connectivity index (χ2n) is 11.4. The summed E-state index contributed by atoms with van der Waals surface area (Å²) in [5.74, 6) is 2.16. The summed E-state index contributed by atoms with van der Waals surface area (Å²) in [4.78, 5) is 17.8. The molecule has 2 bridgehead atoms. The van der Waals surface area contributed by atoms with Crippen LogP contribution in [0.5, 0.6) is 6.01 Å². The molecule has 0 spiro atoms. The Labute approximate surface area is 219 Å². The first-order valence-electron chi connectivity index (χ1n) is 14.2. The molecule has 3 saturated heterocycles. The molecular formula is C30H38N6O. The highest BCUT2D eigenvalue weighted by atomic mass is 16.5. The predicted molar refractivity (Wildman–Crippen MR) is 149 cm³/mol. The van der Waals surface area contributed by atoms with E-state index < -0.39 is 0 Å². The van der Waals surface area contributed by atoms with Crippen molar-refractivity contribution in [3.8, 4) is 6.01 Å². The predicted octanol–water partition coefficient (Wildman–Crippen LogP) is 4.44. The van der Waals surface area contributed by atoms with Gasteiger partial charge in [-0.15, -0.1) is 0 Å². The summed E-state index contributed by atoms with van der Waals surface area (Å²) in [6, 6.07) is 15.2. The third kappa shape index (κ3) is 4.03. The van der Waals surface area contributed by atoms with Crippen LogP contribution in [0.1, 0.15) is 43.2 Å². The van der Waals surface area contributed by atoms with Crippen molar-refractivity contribution in [2.45, 2.75) is 63.6 Å². The Kier molecular flexibility index (Phi) is 5.93. The molecule has 7 nitrogen and oxygen atoms in total. The lowest BCUT2D eigenvalue weighted by molar-refractivity contribution is 0.187. The van der Waals surface area contributed by atoms with Crippen LogP contribution in [-0.4, -0.2) is 72.8 Å². The fraction of sp³-hybridized carbons (Fsp3) is 0.533. The van der Waals surface area contributed by atoms with Gasteiger partial charge in [0.25, 0.3) is 0 Å². The van der Waals surface area contributed by atoms with Crippen LogP contribution in [0.25, 0.3) is 10.8 Å². The van der Waals surface area contributed by atoms with Gasteiger partial charge in [-0.2, -0.15) is 9.97 Å². The van der Waals surface area contributed by atoms with E-state index in [2.05, 4.69) is 70.4 Å². The van der Waals surface area contributed by atoms with Gasteiger partial charge in [0.1, 0.15) is 18.2 Å². The number of rotatable bonds is 5. The molecule has 3 fully saturated rings. The summed E-state index contributed by atoms with van der Waals surface area (Å²) >= 11 is 0. The lowest BCUT2D eigenvalue weighted by Crippen LogP contribution is -2.52. The molecule has 3 aromatic rings. The Morgan fingerprint density at radius 1 is 0.946 bits per heavy atom. The van der Waals surface area contributed by atoms with Crippen LogP contribution in [0.2, 0.25) is 0 Å². The van der Waals surface area contributed by atoms with Crippen LogP contribution in [-0.2, 0) is 6.42 Å². The van der Waals surface area contributed by atoms with Gasteiger partial charge in [-0.3, -0.25) is 0 Å². The van der Waals surface area contributed by atoms with E-state index >= 15 is 0 Å². The number of likely N-dealkylation sites (N-methyl/N-ethyl adjacent to an activating group) is 1. The van der Waals surface area contributed by atoms with Crippen LogP contribution >= 0.6 is 0 Å². The fourth-order valence-corrected chi connectivity index (χ4v) is 7.14. The average Bonchev–Trinajstić information content (AvgIpc) is 3.44. The summed E-state index contributed by atoms with van der Waals surface area (Å²) in [7, 11) is 2.20. The van der Waals surface area contributed by atoms with Gasteiger partial charge in [0, 0.05) is 48.7 Å². The maximum atomic E-state index is 6.41. The van der Waals surface area contributed by atoms with Crippen molar-refractivity contribution in [2.24, 2.45) is 0 Å².